The standard InChI is InChI=1S/C26H38Cl2N2O8S/c1-4-5-14-10-18(29-12-14)24(34)30-19(13(2)36-3)23-21(32)20(31)22(33)26(38-23)39-9-8-37-25(35)15-6-7-16(27)17(28)11-15/h6-7,11,13-14,18-23,26,29,31-33H,4-5,8-10,12H2,1-3H3,(H,30,34)/t13-,14-,18+,19-,20+,21-,22-,23-,26-/m1/s1. The van der Waals surface area contributed by atoms with Crippen LogP contribution in [0.2, 0.25) is 10.0 Å². The van der Waals surface area contributed by atoms with Crippen molar-refractivity contribution in [3.05, 3.63) is 33.8 Å². The summed E-state index contributed by atoms with van der Waals surface area (Å²) in [6.07, 6.45) is -3.26. The van der Waals surface area contributed by atoms with E-state index in [4.69, 9.17) is 37.4 Å². The molecule has 39 heavy (non-hydrogen) atoms. The fourth-order valence-electron chi connectivity index (χ4n) is 4.83. The third-order valence-corrected chi connectivity index (χ3v) is 9.00. The molecule has 5 N–H and O–H groups in total. The molecular formula is C26H38Cl2N2O8S. The highest BCUT2D eigenvalue weighted by atomic mass is 35.5. The van der Waals surface area contributed by atoms with Crippen molar-refractivity contribution in [2.45, 2.75) is 81.1 Å². The fraction of sp³-hybridized carbons (Fsp3) is 0.692. The molecule has 13 heteroatoms. The summed E-state index contributed by atoms with van der Waals surface area (Å²) >= 11 is 12.9. The number of ether oxygens (including phenoxy) is 3. The van der Waals surface area contributed by atoms with Crippen LogP contribution in [0.25, 0.3) is 0 Å². The molecule has 2 saturated heterocycles. The summed E-state index contributed by atoms with van der Waals surface area (Å²) in [7, 11) is 1.48. The van der Waals surface area contributed by atoms with Gasteiger partial charge in [-0.25, -0.2) is 4.79 Å². The molecule has 2 fully saturated rings. The first-order valence-electron chi connectivity index (χ1n) is 13.1. The van der Waals surface area contributed by atoms with Crippen LogP contribution >= 0.6 is 35.0 Å². The number of methoxy groups -OCH3 is 1. The zero-order valence-electron chi connectivity index (χ0n) is 22.2. The number of amides is 1. The highest BCUT2D eigenvalue weighted by Crippen LogP contribution is 2.31. The second kappa shape index (κ2) is 15.2. The normalized spacial score (nSPS) is 30.5. The molecule has 0 saturated carbocycles. The maximum atomic E-state index is 13.1. The van der Waals surface area contributed by atoms with Gasteiger partial charge in [0.1, 0.15) is 36.5 Å². The summed E-state index contributed by atoms with van der Waals surface area (Å²) in [6, 6.07) is 3.22. The lowest BCUT2D eigenvalue weighted by Gasteiger charge is -2.44. The molecule has 10 nitrogen and oxygen atoms in total. The summed E-state index contributed by atoms with van der Waals surface area (Å²) in [5.41, 5.74) is -0.717. The monoisotopic (exact) mass is 608 g/mol. The van der Waals surface area contributed by atoms with Crippen molar-refractivity contribution in [3.8, 4) is 0 Å². The predicted molar refractivity (Wildman–Crippen MR) is 149 cm³/mol. The number of nitrogens with one attached hydrogen (secondary N) is 2. The molecule has 2 aliphatic rings. The van der Waals surface area contributed by atoms with Crippen LogP contribution in [-0.4, -0.2) is 101 Å². The first kappa shape index (κ1) is 32.4. The summed E-state index contributed by atoms with van der Waals surface area (Å²) < 4.78 is 16.8. The summed E-state index contributed by atoms with van der Waals surface area (Å²) in [5, 5.41) is 38.7. The van der Waals surface area contributed by atoms with E-state index in [0.29, 0.717) is 17.4 Å². The van der Waals surface area contributed by atoms with Crippen LogP contribution in [0.15, 0.2) is 18.2 Å². The van der Waals surface area contributed by atoms with Crippen molar-refractivity contribution < 1.29 is 39.1 Å². The molecular weight excluding hydrogens is 571 g/mol. The van der Waals surface area contributed by atoms with Crippen LogP contribution in [0.3, 0.4) is 0 Å². The van der Waals surface area contributed by atoms with E-state index in [1.165, 1.54) is 25.3 Å². The van der Waals surface area contributed by atoms with Gasteiger partial charge < -0.3 is 40.2 Å². The lowest BCUT2D eigenvalue weighted by Crippen LogP contribution is -2.66. The number of halogens is 2. The number of aliphatic hydroxyl groups excluding tert-OH is 3. The number of hydrogen-bond acceptors (Lipinski definition) is 10. The van der Waals surface area contributed by atoms with E-state index < -0.39 is 48.0 Å². The lowest BCUT2D eigenvalue weighted by atomic mass is 9.91. The zero-order chi connectivity index (χ0) is 28.7. The third kappa shape index (κ3) is 8.43. The third-order valence-electron chi connectivity index (χ3n) is 7.14. The van der Waals surface area contributed by atoms with E-state index in [1.807, 2.05) is 0 Å². The highest BCUT2D eigenvalue weighted by Gasteiger charge is 2.49. The van der Waals surface area contributed by atoms with Gasteiger partial charge in [0.2, 0.25) is 5.91 Å². The minimum atomic E-state index is -1.53. The number of hydrogen-bond donors (Lipinski definition) is 5. The van der Waals surface area contributed by atoms with Crippen LogP contribution in [0.5, 0.6) is 0 Å². The molecule has 1 amide bonds. The van der Waals surface area contributed by atoms with E-state index in [2.05, 4.69) is 17.6 Å². The van der Waals surface area contributed by atoms with Crippen molar-refractivity contribution in [2.24, 2.45) is 5.92 Å². The van der Waals surface area contributed by atoms with Crippen molar-refractivity contribution in [3.63, 3.8) is 0 Å². The molecule has 0 aromatic heterocycles. The molecule has 2 aliphatic heterocycles. The lowest BCUT2D eigenvalue weighted by molar-refractivity contribution is -0.212. The number of esters is 1. The van der Waals surface area contributed by atoms with Crippen LogP contribution in [0.1, 0.15) is 43.5 Å². The Labute approximate surface area is 243 Å². The first-order valence-corrected chi connectivity index (χ1v) is 14.9. The van der Waals surface area contributed by atoms with Crippen molar-refractivity contribution in [1.82, 2.24) is 10.6 Å². The van der Waals surface area contributed by atoms with Gasteiger partial charge in [0, 0.05) is 12.9 Å². The molecule has 220 valence electrons. The van der Waals surface area contributed by atoms with E-state index >= 15 is 0 Å². The molecule has 0 radical (unpaired) electrons. The van der Waals surface area contributed by atoms with Gasteiger partial charge in [0.05, 0.1) is 33.8 Å². The van der Waals surface area contributed by atoms with Gasteiger partial charge in [-0.05, 0) is 50.4 Å². The Kier molecular flexibility index (Phi) is 12.6. The van der Waals surface area contributed by atoms with E-state index in [0.717, 1.165) is 31.1 Å². The Morgan fingerprint density at radius 2 is 1.95 bits per heavy atom. The minimum Gasteiger partial charge on any atom is -0.461 e. The van der Waals surface area contributed by atoms with Crippen LogP contribution < -0.4 is 10.6 Å². The second-order valence-electron chi connectivity index (χ2n) is 9.90. The molecule has 2 heterocycles. The topological polar surface area (TPSA) is 147 Å². The smallest absolute Gasteiger partial charge is 0.338 e. The Bertz CT molecular complexity index is 976. The van der Waals surface area contributed by atoms with E-state index in [9.17, 15) is 24.9 Å². The Morgan fingerprint density at radius 3 is 2.62 bits per heavy atom. The van der Waals surface area contributed by atoms with E-state index in [1.54, 1.807) is 6.92 Å². The predicted octanol–water partition coefficient (Wildman–Crippen LogP) is 1.99. The molecule has 1 aromatic carbocycles. The largest absolute Gasteiger partial charge is 0.461 e. The first-order chi connectivity index (χ1) is 18.6. The maximum absolute atomic E-state index is 13.1. The SMILES string of the molecule is CCC[C@H]1CN[C@H](C(=O)N[C@@H]([C@H]2O[C@H](SCCOC(=O)c3ccc(Cl)c(Cl)c3)[C@H](O)[C@@H](O)[C@H]2O)[C@@H](C)OC)C1. The number of rotatable bonds is 12. The van der Waals surface area contributed by atoms with Gasteiger partial charge in [-0.1, -0.05) is 36.5 Å². The van der Waals surface area contributed by atoms with Crippen molar-refractivity contribution >= 4 is 46.8 Å². The molecule has 3 rings (SSSR count). The van der Waals surface area contributed by atoms with Crippen LogP contribution in [0, 0.1) is 5.92 Å². The Morgan fingerprint density at radius 1 is 1.21 bits per heavy atom. The molecule has 0 aliphatic carbocycles. The second-order valence-corrected chi connectivity index (χ2v) is 11.9. The van der Waals surface area contributed by atoms with Gasteiger partial charge in [0.15, 0.2) is 0 Å². The summed E-state index contributed by atoms with van der Waals surface area (Å²) in [6.45, 7) is 4.59. The number of thioether (sulfide) groups is 1. The quantitative estimate of drug-likeness (QED) is 0.176. The maximum Gasteiger partial charge on any atom is 0.338 e. The number of carbonyl (C=O) groups excluding carboxylic acids is 2. The molecule has 0 bridgehead atoms. The summed E-state index contributed by atoms with van der Waals surface area (Å²) in [4.78, 5) is 25.4. The van der Waals surface area contributed by atoms with Crippen molar-refractivity contribution in [2.75, 3.05) is 26.0 Å². The molecule has 1 aromatic rings. The van der Waals surface area contributed by atoms with Gasteiger partial charge >= 0.3 is 5.97 Å². The number of benzene rings is 1. The number of aliphatic hydroxyl groups is 3. The average molecular weight is 610 g/mol. The van der Waals surface area contributed by atoms with Crippen molar-refractivity contribution in [1.29, 1.82) is 0 Å². The zero-order valence-corrected chi connectivity index (χ0v) is 24.5. The summed E-state index contributed by atoms with van der Waals surface area (Å²) in [5.74, 6) is -0.182. The molecule has 0 unspecified atom stereocenters. The molecule has 0 spiro atoms. The van der Waals surface area contributed by atoms with Crippen LogP contribution in [0.4, 0.5) is 0 Å². The van der Waals surface area contributed by atoms with Gasteiger partial charge in [-0.15, -0.1) is 11.8 Å². The molecule has 9 atom stereocenters. The van der Waals surface area contributed by atoms with E-state index in [-0.39, 0.29) is 34.9 Å². The fourth-order valence-corrected chi connectivity index (χ4v) is 6.10. The Balaban J connectivity index is 1.60. The van der Waals surface area contributed by atoms with Gasteiger partial charge in [-0.3, -0.25) is 4.79 Å². The number of carbonyl (C=O) groups is 2. The Hall–Kier alpha value is -1.15. The van der Waals surface area contributed by atoms with Crippen LogP contribution in [-0.2, 0) is 19.0 Å². The van der Waals surface area contributed by atoms with Gasteiger partial charge in [-0.2, -0.15) is 0 Å². The van der Waals surface area contributed by atoms with Gasteiger partial charge in [0.25, 0.3) is 0 Å². The highest BCUT2D eigenvalue weighted by molar-refractivity contribution is 7.99. The minimum absolute atomic E-state index is 0.0133. The average Bonchev–Trinajstić information content (AvgIpc) is 3.39.